The number of nitrogens with one attached hydrogen (secondary N) is 1. The molecule has 0 bridgehead atoms. The van der Waals surface area contributed by atoms with Crippen molar-refractivity contribution >= 4 is 137 Å². The van der Waals surface area contributed by atoms with Crippen LogP contribution in [0.1, 0.15) is 153 Å². The summed E-state index contributed by atoms with van der Waals surface area (Å²) in [5, 5.41) is 22.2. The number of aromatic amines is 1. The average molecular weight is 2160 g/mol. The number of sulfonamides is 2. The number of rotatable bonds is 38. The molecule has 12 aromatic rings. The second kappa shape index (κ2) is 49.3. The second-order valence-electron chi connectivity index (χ2n) is 47.3. The molecule has 146 heavy (non-hydrogen) atoms. The Morgan fingerprint density at radius 2 is 0.795 bits per heavy atom. The quantitative estimate of drug-likeness (QED) is 0.0163. The maximum Gasteiger partial charge on any atom is 0.496 e. The zero-order chi connectivity index (χ0) is 108. The van der Waals surface area contributed by atoms with Crippen molar-refractivity contribution in [1.82, 2.24) is 84.8 Å². The average Bonchev–Trinajstić information content (AvgIpc) is 1.46. The number of aromatic nitrogens is 16. The van der Waals surface area contributed by atoms with Crippen LogP contribution in [0, 0.1) is 50.4 Å². The van der Waals surface area contributed by atoms with Crippen molar-refractivity contribution in [3.8, 4) is 45.9 Å². The second-order valence-corrected chi connectivity index (χ2v) is 86.2. The molecule has 0 aromatic carbocycles. The third-order valence-electron chi connectivity index (χ3n) is 29.3. The van der Waals surface area contributed by atoms with E-state index in [9.17, 15) is 22.1 Å². The highest BCUT2D eigenvalue weighted by atomic mass is 35.5. The van der Waals surface area contributed by atoms with Gasteiger partial charge in [-0.15, -0.1) is 0 Å². The van der Waals surface area contributed by atoms with Crippen molar-refractivity contribution in [1.29, 1.82) is 10.5 Å². The molecular weight excluding hydrogens is 1990 g/mol. The number of aryl methyl sites for hydroxylation is 4. The number of hydrogen-bond donors (Lipinski definition) is 1. The Morgan fingerprint density at radius 1 is 0.452 bits per heavy atom. The highest BCUT2D eigenvalue weighted by molar-refractivity contribution is 7.89. The largest absolute Gasteiger partial charge is 0.496 e. The van der Waals surface area contributed by atoms with E-state index in [1.165, 1.54) is 66.9 Å². The van der Waals surface area contributed by atoms with Crippen LogP contribution < -0.4 is 5.46 Å². The molecule has 0 spiro atoms. The van der Waals surface area contributed by atoms with Crippen LogP contribution >= 0.6 is 11.6 Å². The van der Waals surface area contributed by atoms with Gasteiger partial charge in [0.15, 0.2) is 16.5 Å². The molecule has 1 N–H and O–H groups in total. The monoisotopic (exact) mass is 2160 g/mol. The van der Waals surface area contributed by atoms with Crippen LogP contribution in [0.2, 0.25) is 141 Å². The molecule has 3 saturated heterocycles. The first-order valence-electron chi connectivity index (χ1n) is 51.8. The molecule has 0 atom stereocenters. The highest BCUT2D eigenvalue weighted by Gasteiger charge is 2.54. The van der Waals surface area contributed by atoms with Crippen LogP contribution in [-0.4, -0.2) is 233 Å². The molecule has 0 radical (unpaired) electrons. The third kappa shape index (κ3) is 28.5. The number of allylic oxidation sites excluding steroid dienone is 1. The summed E-state index contributed by atoms with van der Waals surface area (Å²) in [6, 6.07) is 16.9. The summed E-state index contributed by atoms with van der Waals surface area (Å²) in [4.78, 5) is 38.7. The summed E-state index contributed by atoms with van der Waals surface area (Å²) >= 11 is 5.99. The van der Waals surface area contributed by atoms with E-state index in [4.69, 9.17) is 50.1 Å². The van der Waals surface area contributed by atoms with E-state index in [0.29, 0.717) is 91.5 Å². The molecule has 15 heterocycles. The third-order valence-corrected chi connectivity index (χ3v) is 53.4. The molecule has 12 aromatic heterocycles. The lowest BCUT2D eigenvalue weighted by Crippen LogP contribution is -2.63. The number of fused-ring (bicyclic) bond motifs is 4. The molecule has 0 amide bonds. The highest BCUT2D eigenvalue weighted by Crippen LogP contribution is 2.47. The molecule has 0 aliphatic carbocycles. The minimum absolute atomic E-state index is 0.0589. The zero-order valence-corrected chi connectivity index (χ0v) is 102. The summed E-state index contributed by atoms with van der Waals surface area (Å²) in [5.41, 5.74) is 19.2. The molecule has 30 nitrogen and oxygen atoms in total. The first kappa shape index (κ1) is 119. The minimum atomic E-state index is -3.28. The Labute approximate surface area is 882 Å². The lowest BCUT2D eigenvalue weighted by Gasteiger charge is -2.49. The van der Waals surface area contributed by atoms with Crippen molar-refractivity contribution in [3.63, 3.8) is 0 Å². The number of halogens is 1. The summed E-state index contributed by atoms with van der Waals surface area (Å²) in [6.45, 7) is 83.9. The molecule has 3 fully saturated rings. The zero-order valence-electron chi connectivity index (χ0n) is 93.9. The number of ether oxygens (including phenoxy) is 4. The molecule has 40 heteroatoms. The topological polar surface area (TPSA) is 331 Å². The van der Waals surface area contributed by atoms with E-state index >= 15 is 0 Å². The van der Waals surface area contributed by atoms with Gasteiger partial charge >= 0.3 is 7.12 Å². The summed E-state index contributed by atoms with van der Waals surface area (Å²) in [7, 11) is -14.4. The maximum atomic E-state index is 12.3. The van der Waals surface area contributed by atoms with Gasteiger partial charge in [-0.25, -0.2) is 56.7 Å². The molecule has 15 rings (SSSR count). The SMILES string of the molecule is CCS(=O)(=O)N1CC(=CC#N)C1.CCS(=O)(=O)N1CC(CC#N)(n2cc(C)c(-c3ncnc4c3ccn4COCC[Si](C)(C)C)c2)C1.C[Si](C)(C)CCOCn1ccc2c(Cl)ncnc21.Cc1c[nH]cc1-c1ncnc2c1ccn2COCC[Si](C)(C)C.Cc1cn([Si](C(C)C)(C(C)C)C(C)C)cc1-c1ncnc2c1ccn2COCC[Si](C)(C)C.Cc1cn([Si](C(C)C)(C(C)C)C(C)C)cc1B1OC(C)(C)C(C)(C)O1. The Bertz CT molecular complexity index is 6660. The number of H-pyrrole nitrogens is 1. The predicted molar refractivity (Wildman–Crippen MR) is 614 cm³/mol. The van der Waals surface area contributed by atoms with Crippen LogP contribution in [-0.2, 0) is 80.8 Å². The fourth-order valence-corrected chi connectivity index (χ4v) is 39.0. The van der Waals surface area contributed by atoms with Crippen molar-refractivity contribution in [2.75, 3.05) is 64.1 Å². The van der Waals surface area contributed by atoms with Crippen molar-refractivity contribution in [2.24, 2.45) is 0 Å². The fourth-order valence-electron chi connectivity index (χ4n) is 20.3. The van der Waals surface area contributed by atoms with E-state index in [0.717, 1.165) is 116 Å². The Balaban J connectivity index is 0.000000184. The molecular formula is C106H168BClN20O10S2Si6. The Kier molecular flexibility index (Phi) is 40.3. The van der Waals surface area contributed by atoms with E-state index in [2.05, 4.69) is 312 Å². The van der Waals surface area contributed by atoms with Gasteiger partial charge in [0.05, 0.1) is 69.3 Å². The normalized spacial score (nSPS) is 15.3. The van der Waals surface area contributed by atoms with Crippen LogP contribution in [0.15, 0.2) is 136 Å². The van der Waals surface area contributed by atoms with Gasteiger partial charge in [0.1, 0.15) is 80.0 Å². The van der Waals surface area contributed by atoms with E-state index in [1.54, 1.807) is 32.8 Å². The minimum Gasteiger partial charge on any atom is -0.399 e. The number of nitrogens with zero attached hydrogens (tertiary/aromatic N) is 19. The van der Waals surface area contributed by atoms with Crippen LogP contribution in [0.4, 0.5) is 0 Å². The van der Waals surface area contributed by atoms with E-state index < -0.39 is 74.4 Å². The summed E-state index contributed by atoms with van der Waals surface area (Å²) < 4.78 is 101. The summed E-state index contributed by atoms with van der Waals surface area (Å²) in [5.74, 6) is 0.191. The van der Waals surface area contributed by atoms with Gasteiger partial charge in [0.2, 0.25) is 20.0 Å². The summed E-state index contributed by atoms with van der Waals surface area (Å²) in [6.07, 6.45) is 33.4. The van der Waals surface area contributed by atoms with Gasteiger partial charge in [-0.05, 0) is 197 Å². The maximum absolute atomic E-state index is 12.3. The molecule has 0 saturated carbocycles. The van der Waals surface area contributed by atoms with Gasteiger partial charge in [0, 0.05) is 185 Å². The van der Waals surface area contributed by atoms with Gasteiger partial charge in [-0.2, -0.15) is 19.1 Å². The van der Waals surface area contributed by atoms with Crippen LogP contribution in [0.3, 0.4) is 0 Å². The van der Waals surface area contributed by atoms with Gasteiger partial charge < -0.3 is 64.5 Å². The van der Waals surface area contributed by atoms with Crippen molar-refractivity contribution in [2.45, 2.75) is 338 Å². The molecule has 798 valence electrons. The van der Waals surface area contributed by atoms with Gasteiger partial charge in [-0.1, -0.05) is 173 Å². The Morgan fingerprint density at radius 3 is 1.15 bits per heavy atom. The first-order chi connectivity index (χ1) is 68.2. The van der Waals surface area contributed by atoms with Gasteiger partial charge in [0.25, 0.3) is 0 Å². The van der Waals surface area contributed by atoms with E-state index in [-0.39, 0.29) is 36.2 Å². The Hall–Kier alpha value is -8.44. The predicted octanol–water partition coefficient (Wildman–Crippen LogP) is 24.0. The lowest BCUT2D eigenvalue weighted by molar-refractivity contribution is 0.00578. The molecule has 0 unspecified atom stereocenters. The van der Waals surface area contributed by atoms with Crippen molar-refractivity contribution in [3.05, 3.63) is 163 Å². The van der Waals surface area contributed by atoms with Crippen LogP contribution in [0.25, 0.3) is 77.9 Å². The van der Waals surface area contributed by atoms with Crippen LogP contribution in [0.5, 0.6) is 0 Å². The fraction of sp³-hybridized carbons (Fsp3) is 0.585. The number of hydrogen-bond acceptors (Lipinski definition) is 20. The molecule has 3 aliphatic heterocycles. The first-order valence-corrected chi connectivity index (χ1v) is 74.6. The lowest BCUT2D eigenvalue weighted by atomic mass is 9.79. The smallest absolute Gasteiger partial charge is 0.399 e. The molecule has 3 aliphatic rings. The van der Waals surface area contributed by atoms with Crippen molar-refractivity contribution < 1.29 is 45.1 Å². The van der Waals surface area contributed by atoms with Gasteiger partial charge in [-0.3, -0.25) is 0 Å². The standard InChI is InChI=1S/C26H44N4OSi2.C24H34N6O3SSi.C20H38BNO2Si.C17H24N4OSi.C12H18ClN3OSi.C7H10N2O2S/c1-19(2)33(20(3)4,21(5)6)30-15-22(7)24(16-30)25-23-11-12-29(26(23)28-17-27-25)18-31-13-14-32(8,9)10;1-6-34(31,32)30-15-24(16-30,8-9-25)29-13-19(2)21(14-29)22-20-7-10-28(23(20)27-17-26-22)18-33-11-12-35(3,4)5;1-14(2)25(15(3)4,16(5)6)22-12-17(7)18(13-22)21-23-19(8,9)20(10,11)24-21;1-13-9-18-10-15(13)16-14-5-6-21(17(14)20-11-19-16)12-22-7-8-23(2,3)4;1-18(2,3)7-6-17-9-16-5-4-10-11(13)14-8-15-12(10)16;1-2-12(10,11)9-5-7(6-9)3-4-8/h11-12,15-17,19-21H,13-14,18H2,1-10H3;7,10,13-14,17H,6,8,11-12,15-16,18H2,1-5H3;12-16H,1-11H3;5-6,9-11,18H,7-8,12H2,1-4H3;4-5,8H,6-7,9H2,1-3H3;3H,2,5-6H2,1H3. The van der Waals surface area contributed by atoms with E-state index in [1.807, 2.05) is 86.8 Å². The number of nitriles is 2.